The van der Waals surface area contributed by atoms with Crippen molar-refractivity contribution in [2.45, 2.75) is 31.6 Å². The summed E-state index contributed by atoms with van der Waals surface area (Å²) in [7, 11) is 0. The van der Waals surface area contributed by atoms with Gasteiger partial charge < -0.3 is 9.32 Å². The van der Waals surface area contributed by atoms with Gasteiger partial charge >= 0.3 is 0 Å². The van der Waals surface area contributed by atoms with E-state index in [9.17, 15) is 0 Å². The van der Waals surface area contributed by atoms with Crippen molar-refractivity contribution in [2.24, 2.45) is 0 Å². The highest BCUT2D eigenvalue weighted by Crippen LogP contribution is 2.55. The minimum Gasteiger partial charge on any atom is -0.455 e. The predicted octanol–water partition coefficient (Wildman–Crippen LogP) is 18.9. The quantitative estimate of drug-likeness (QED) is 0.158. The Kier molecular flexibility index (Phi) is 9.10. The van der Waals surface area contributed by atoms with Gasteiger partial charge in [0.05, 0.1) is 5.69 Å². The van der Waals surface area contributed by atoms with Gasteiger partial charge in [0.1, 0.15) is 11.2 Å². The molecule has 1 atom stereocenters. The van der Waals surface area contributed by atoms with Crippen molar-refractivity contribution in [3.63, 3.8) is 0 Å². The van der Waals surface area contributed by atoms with Crippen molar-refractivity contribution in [1.29, 1.82) is 0 Å². The fourth-order valence-electron chi connectivity index (χ4n) is 12.5. The molecule has 0 N–H and O–H groups in total. The summed E-state index contributed by atoms with van der Waals surface area (Å²) < 4.78 is 6.63. The maximum Gasteiger partial charge on any atom is 0.143 e. The second kappa shape index (κ2) is 15.7. The number of anilines is 3. The topological polar surface area (TPSA) is 16.4 Å². The fourth-order valence-corrected chi connectivity index (χ4v) is 12.5. The van der Waals surface area contributed by atoms with Gasteiger partial charge in [-0.2, -0.15) is 0 Å². The Hall–Kier alpha value is -8.72. The Morgan fingerprint density at radius 3 is 1.70 bits per heavy atom. The number of furan rings is 1. The zero-order chi connectivity index (χ0) is 47.4. The van der Waals surface area contributed by atoms with Gasteiger partial charge in [-0.1, -0.05) is 208 Å². The van der Waals surface area contributed by atoms with Gasteiger partial charge in [-0.3, -0.25) is 0 Å². The van der Waals surface area contributed by atoms with E-state index in [2.05, 4.69) is 268 Å². The highest BCUT2D eigenvalue weighted by atomic mass is 16.3. The molecular weight excluding hydrogens is 859 g/mol. The summed E-state index contributed by atoms with van der Waals surface area (Å²) >= 11 is 0. The number of nitrogens with zero attached hydrogens (tertiary/aromatic N) is 1. The lowest BCUT2D eigenvalue weighted by molar-refractivity contribution is 0.662. The van der Waals surface area contributed by atoms with Gasteiger partial charge in [0.2, 0.25) is 0 Å². The molecule has 0 fully saturated rings. The van der Waals surface area contributed by atoms with Gasteiger partial charge in [0.25, 0.3) is 0 Å². The average Bonchev–Trinajstić information content (AvgIpc) is 4.03. The molecule has 11 aromatic carbocycles. The Morgan fingerprint density at radius 1 is 0.366 bits per heavy atom. The van der Waals surface area contributed by atoms with Crippen molar-refractivity contribution in [3.05, 3.63) is 270 Å². The van der Waals surface area contributed by atoms with E-state index < -0.39 is 0 Å². The monoisotopic (exact) mass is 907 g/mol. The number of fused-ring (bicyclic) bond motifs is 11. The molecule has 336 valence electrons. The van der Waals surface area contributed by atoms with Crippen LogP contribution in [0.25, 0.3) is 88.3 Å². The molecule has 1 heterocycles. The molecule has 1 unspecified atom stereocenters. The molecule has 12 aromatic rings. The Balaban J connectivity index is 0.910. The lowest BCUT2D eigenvalue weighted by Gasteiger charge is -2.30. The summed E-state index contributed by atoms with van der Waals surface area (Å²) in [5, 5.41) is 4.58. The first kappa shape index (κ1) is 41.3. The first-order valence-electron chi connectivity index (χ1n) is 24.8. The summed E-state index contributed by atoms with van der Waals surface area (Å²) in [6.07, 6.45) is 0. The molecule has 2 aliphatic rings. The van der Waals surface area contributed by atoms with Gasteiger partial charge in [-0.05, 0) is 139 Å². The number of hydrogen-bond acceptors (Lipinski definition) is 2. The molecule has 0 saturated carbocycles. The molecule has 0 bridgehead atoms. The number of para-hydroxylation sites is 1. The van der Waals surface area contributed by atoms with Crippen LogP contribution in [0.4, 0.5) is 17.1 Å². The van der Waals surface area contributed by atoms with Gasteiger partial charge in [-0.15, -0.1) is 0 Å². The second-order valence-corrected chi connectivity index (χ2v) is 20.1. The third-order valence-corrected chi connectivity index (χ3v) is 16.0. The minimum atomic E-state index is -0.270. The molecule has 14 rings (SSSR count). The van der Waals surface area contributed by atoms with Crippen LogP contribution in [0.2, 0.25) is 0 Å². The third kappa shape index (κ3) is 6.14. The van der Waals surface area contributed by atoms with Crippen LogP contribution >= 0.6 is 0 Å². The SMILES string of the molecule is CC1(C)c2ccccc2-c2cccc(-c3ccccc3N(c3ccc(-c4ccc5c(c4)C(C)(c4ccccc4)c4ccccc4-5)cc3)c3ccc(-c4cccc5oc6c7ccccc7ccc6c45)cc3)c21. The molecule has 0 aliphatic heterocycles. The lowest BCUT2D eigenvalue weighted by Crippen LogP contribution is -2.22. The van der Waals surface area contributed by atoms with Crippen molar-refractivity contribution >= 4 is 49.8 Å². The molecule has 2 aliphatic carbocycles. The standard InChI is InChI=1S/C69H49NO/c1-68(2)60-27-12-9-22-54(60)57-25-15-26-58(66(57)68)56-23-11-14-29-63(56)70(50-39-33-46(34-40-50)51-24-16-30-64-65(51)59-42-35-45-17-7-8-20-52(45)67(59)71-64)49-37-31-44(32-38-49)47-36-41-55-53-21-10-13-28-61(53)69(3,62(55)43-47)48-18-5-4-6-19-48/h4-43H,1-3H3. The van der Waals surface area contributed by atoms with E-state index in [1.165, 1.54) is 77.7 Å². The van der Waals surface area contributed by atoms with E-state index in [-0.39, 0.29) is 10.8 Å². The zero-order valence-corrected chi connectivity index (χ0v) is 39.9. The van der Waals surface area contributed by atoms with Crippen LogP contribution in [0, 0.1) is 0 Å². The first-order valence-corrected chi connectivity index (χ1v) is 24.8. The maximum atomic E-state index is 6.63. The maximum absolute atomic E-state index is 6.63. The second-order valence-electron chi connectivity index (χ2n) is 20.1. The van der Waals surface area contributed by atoms with Crippen molar-refractivity contribution < 1.29 is 4.42 Å². The van der Waals surface area contributed by atoms with Crippen LogP contribution in [-0.4, -0.2) is 0 Å². The highest BCUT2D eigenvalue weighted by Gasteiger charge is 2.41. The number of rotatable bonds is 7. The lowest BCUT2D eigenvalue weighted by atomic mass is 9.74. The summed E-state index contributed by atoms with van der Waals surface area (Å²) in [5.41, 5.74) is 23.8. The largest absolute Gasteiger partial charge is 0.455 e. The molecule has 0 spiro atoms. The molecule has 0 amide bonds. The third-order valence-electron chi connectivity index (χ3n) is 16.0. The minimum absolute atomic E-state index is 0.178. The Bertz CT molecular complexity index is 4080. The summed E-state index contributed by atoms with van der Waals surface area (Å²) in [6, 6.07) is 89.4. The molecule has 1 aromatic heterocycles. The summed E-state index contributed by atoms with van der Waals surface area (Å²) in [6.45, 7) is 7.15. The molecular formula is C69H49NO. The Labute approximate surface area is 414 Å². The summed E-state index contributed by atoms with van der Waals surface area (Å²) in [4.78, 5) is 2.45. The van der Waals surface area contributed by atoms with E-state index >= 15 is 0 Å². The number of benzene rings is 11. The van der Waals surface area contributed by atoms with Gasteiger partial charge in [0, 0.05) is 43.9 Å². The zero-order valence-electron chi connectivity index (χ0n) is 39.9. The summed E-state index contributed by atoms with van der Waals surface area (Å²) in [5.74, 6) is 0. The predicted molar refractivity (Wildman–Crippen MR) is 297 cm³/mol. The van der Waals surface area contributed by atoms with Crippen molar-refractivity contribution in [3.8, 4) is 55.6 Å². The van der Waals surface area contributed by atoms with E-state index in [1.807, 2.05) is 0 Å². The van der Waals surface area contributed by atoms with E-state index in [0.29, 0.717) is 0 Å². The van der Waals surface area contributed by atoms with Crippen LogP contribution in [0.3, 0.4) is 0 Å². The van der Waals surface area contributed by atoms with E-state index in [1.54, 1.807) is 0 Å². The van der Waals surface area contributed by atoms with Crippen LogP contribution < -0.4 is 4.90 Å². The van der Waals surface area contributed by atoms with Crippen LogP contribution in [0.1, 0.15) is 48.6 Å². The van der Waals surface area contributed by atoms with Crippen molar-refractivity contribution in [1.82, 2.24) is 0 Å². The van der Waals surface area contributed by atoms with Crippen LogP contribution in [-0.2, 0) is 10.8 Å². The smallest absolute Gasteiger partial charge is 0.143 e. The molecule has 0 saturated heterocycles. The van der Waals surface area contributed by atoms with Gasteiger partial charge in [-0.25, -0.2) is 0 Å². The van der Waals surface area contributed by atoms with E-state index in [4.69, 9.17) is 4.42 Å². The van der Waals surface area contributed by atoms with Crippen LogP contribution in [0.5, 0.6) is 0 Å². The Morgan fingerprint density at radius 2 is 0.930 bits per heavy atom. The molecule has 0 radical (unpaired) electrons. The molecule has 71 heavy (non-hydrogen) atoms. The molecule has 2 heteroatoms. The number of hydrogen-bond donors (Lipinski definition) is 0. The molecule has 2 nitrogen and oxygen atoms in total. The normalized spacial score (nSPS) is 15.1. The first-order chi connectivity index (χ1) is 34.9. The van der Waals surface area contributed by atoms with Gasteiger partial charge in [0.15, 0.2) is 0 Å². The average molecular weight is 908 g/mol. The van der Waals surface area contributed by atoms with Crippen molar-refractivity contribution in [2.75, 3.05) is 4.90 Å². The fraction of sp³-hybridized carbons (Fsp3) is 0.0725. The highest BCUT2D eigenvalue weighted by molar-refractivity contribution is 6.19. The van der Waals surface area contributed by atoms with Crippen LogP contribution in [0.15, 0.2) is 247 Å². The van der Waals surface area contributed by atoms with E-state index in [0.717, 1.165) is 55.5 Å².